The highest BCUT2D eigenvalue weighted by Gasteiger charge is 2.10. The van der Waals surface area contributed by atoms with Crippen molar-refractivity contribution in [2.45, 2.75) is 5.16 Å². The van der Waals surface area contributed by atoms with Crippen LogP contribution in [0.2, 0.25) is 0 Å². The summed E-state index contributed by atoms with van der Waals surface area (Å²) >= 11 is 2.60. The van der Waals surface area contributed by atoms with Gasteiger partial charge in [-0.05, 0) is 24.3 Å². The number of nitrogens with zero attached hydrogens (tertiary/aromatic N) is 2. The number of carbonyl (C=O) groups excluding carboxylic acids is 1. The Morgan fingerprint density at radius 3 is 2.70 bits per heavy atom. The molecule has 0 saturated heterocycles. The molecule has 1 aromatic heterocycles. The first-order chi connectivity index (χ1) is 13.2. The topological polar surface area (TPSA) is 85.4 Å². The molecule has 0 aliphatic rings. The number of urea groups is 1. The minimum Gasteiger partial charge on any atom is -0.495 e. The molecule has 2 N–H and O–H groups in total. The van der Waals surface area contributed by atoms with E-state index in [-0.39, 0.29) is 0 Å². The predicted molar refractivity (Wildman–Crippen MR) is 108 cm³/mol. The fraction of sp³-hybridized carbons (Fsp3) is 0.167. The van der Waals surface area contributed by atoms with E-state index in [0.29, 0.717) is 34.1 Å². The second kappa shape index (κ2) is 9.79. The Balaban J connectivity index is 1.44. The Bertz CT molecular complexity index is 874. The van der Waals surface area contributed by atoms with E-state index >= 15 is 0 Å². The van der Waals surface area contributed by atoms with Gasteiger partial charge in [-0.3, -0.25) is 5.32 Å². The van der Waals surface area contributed by atoms with Crippen LogP contribution < -0.4 is 20.1 Å². The van der Waals surface area contributed by atoms with Crippen molar-refractivity contribution in [1.82, 2.24) is 9.36 Å². The number of aromatic nitrogens is 2. The lowest BCUT2D eigenvalue weighted by Gasteiger charge is -2.09. The lowest BCUT2D eigenvalue weighted by Crippen LogP contribution is -2.19. The van der Waals surface area contributed by atoms with E-state index in [1.54, 1.807) is 19.2 Å². The largest absolute Gasteiger partial charge is 0.495 e. The number of benzene rings is 2. The summed E-state index contributed by atoms with van der Waals surface area (Å²) in [5.41, 5.74) is 0.578. The van der Waals surface area contributed by atoms with E-state index in [0.717, 1.165) is 17.3 Å². The zero-order valence-electron chi connectivity index (χ0n) is 14.5. The number of anilines is 2. The number of rotatable bonds is 8. The zero-order chi connectivity index (χ0) is 18.9. The number of ether oxygens (including phenoxy) is 2. The fourth-order valence-electron chi connectivity index (χ4n) is 2.13. The molecular weight excluding hydrogens is 384 g/mol. The Morgan fingerprint density at radius 1 is 1.11 bits per heavy atom. The molecule has 7 nitrogen and oxygen atoms in total. The first kappa shape index (κ1) is 19.0. The van der Waals surface area contributed by atoms with Crippen LogP contribution >= 0.6 is 23.3 Å². The first-order valence-corrected chi connectivity index (χ1v) is 9.86. The normalized spacial score (nSPS) is 10.3. The molecule has 0 fully saturated rings. The van der Waals surface area contributed by atoms with Gasteiger partial charge in [-0.2, -0.15) is 9.36 Å². The molecule has 1 heterocycles. The van der Waals surface area contributed by atoms with E-state index in [2.05, 4.69) is 20.0 Å². The molecule has 0 spiro atoms. The number of hydrogen-bond donors (Lipinski definition) is 2. The third-order valence-corrected chi connectivity index (χ3v) is 4.87. The van der Waals surface area contributed by atoms with Crippen LogP contribution in [0.4, 0.5) is 15.6 Å². The van der Waals surface area contributed by atoms with Gasteiger partial charge >= 0.3 is 6.03 Å². The van der Waals surface area contributed by atoms with Crippen LogP contribution in [-0.4, -0.2) is 34.9 Å². The summed E-state index contributed by atoms with van der Waals surface area (Å²) < 4.78 is 15.1. The van der Waals surface area contributed by atoms with Gasteiger partial charge in [0.1, 0.15) is 11.5 Å². The molecule has 9 heteroatoms. The van der Waals surface area contributed by atoms with Crippen molar-refractivity contribution in [3.8, 4) is 11.5 Å². The van der Waals surface area contributed by atoms with Crippen molar-refractivity contribution in [2.24, 2.45) is 0 Å². The van der Waals surface area contributed by atoms with Crippen LogP contribution in [0.5, 0.6) is 11.5 Å². The summed E-state index contributed by atoms with van der Waals surface area (Å²) in [7, 11) is 1.55. The second-order valence-corrected chi connectivity index (χ2v) is 6.99. The quantitative estimate of drug-likeness (QED) is 0.430. The molecule has 3 aromatic rings. The van der Waals surface area contributed by atoms with Crippen LogP contribution in [0.15, 0.2) is 59.8 Å². The summed E-state index contributed by atoms with van der Waals surface area (Å²) in [5, 5.41) is 6.43. The van der Waals surface area contributed by atoms with Crippen molar-refractivity contribution in [3.63, 3.8) is 0 Å². The van der Waals surface area contributed by atoms with E-state index < -0.39 is 6.03 Å². The van der Waals surface area contributed by atoms with Crippen molar-refractivity contribution >= 4 is 40.1 Å². The highest BCUT2D eigenvalue weighted by Crippen LogP contribution is 2.24. The van der Waals surface area contributed by atoms with Crippen LogP contribution in [0.3, 0.4) is 0 Å². The summed E-state index contributed by atoms with van der Waals surface area (Å²) in [6.07, 6.45) is 0. The van der Waals surface area contributed by atoms with E-state index in [1.165, 1.54) is 11.8 Å². The first-order valence-electron chi connectivity index (χ1n) is 8.10. The predicted octanol–water partition coefficient (Wildman–Crippen LogP) is 4.36. The van der Waals surface area contributed by atoms with Crippen LogP contribution in [0.1, 0.15) is 0 Å². The highest BCUT2D eigenvalue weighted by molar-refractivity contribution is 7.99. The lowest BCUT2D eigenvalue weighted by atomic mass is 10.3. The number of methoxy groups -OCH3 is 1. The van der Waals surface area contributed by atoms with Crippen LogP contribution in [0, 0.1) is 0 Å². The summed E-state index contributed by atoms with van der Waals surface area (Å²) in [4.78, 5) is 16.4. The molecule has 27 heavy (non-hydrogen) atoms. The molecule has 0 unspecified atom stereocenters. The summed E-state index contributed by atoms with van der Waals surface area (Å²) in [6, 6.07) is 16.4. The minimum atomic E-state index is -0.403. The minimum absolute atomic E-state index is 0.403. The average Bonchev–Trinajstić information content (AvgIpc) is 3.13. The van der Waals surface area contributed by atoms with Gasteiger partial charge in [-0.1, -0.05) is 42.1 Å². The van der Waals surface area contributed by atoms with Crippen molar-refractivity contribution in [3.05, 3.63) is 54.6 Å². The molecule has 0 bridgehead atoms. The molecule has 3 rings (SSSR count). The lowest BCUT2D eigenvalue weighted by molar-refractivity contribution is 0.262. The van der Waals surface area contributed by atoms with E-state index in [4.69, 9.17) is 9.47 Å². The van der Waals surface area contributed by atoms with Gasteiger partial charge in [-0.15, -0.1) is 0 Å². The van der Waals surface area contributed by atoms with Gasteiger partial charge in [0.25, 0.3) is 0 Å². The Morgan fingerprint density at radius 2 is 1.89 bits per heavy atom. The molecule has 140 valence electrons. The maximum atomic E-state index is 12.1. The summed E-state index contributed by atoms with van der Waals surface area (Å²) in [6.45, 7) is 0.547. The molecule has 0 aliphatic carbocycles. The molecule has 0 atom stereocenters. The summed E-state index contributed by atoms with van der Waals surface area (Å²) in [5.74, 6) is 2.12. The Hall–Kier alpha value is -2.78. The number of thioether (sulfide) groups is 1. The Kier molecular flexibility index (Phi) is 6.89. The second-order valence-electron chi connectivity index (χ2n) is 5.17. The molecule has 0 radical (unpaired) electrons. The third kappa shape index (κ3) is 5.87. The van der Waals surface area contributed by atoms with Gasteiger partial charge in [0, 0.05) is 17.3 Å². The maximum Gasteiger partial charge on any atom is 0.325 e. The van der Waals surface area contributed by atoms with Gasteiger partial charge in [-0.25, -0.2) is 4.79 Å². The smallest absolute Gasteiger partial charge is 0.325 e. The van der Waals surface area contributed by atoms with Crippen LogP contribution in [-0.2, 0) is 0 Å². The maximum absolute atomic E-state index is 12.1. The van der Waals surface area contributed by atoms with Crippen molar-refractivity contribution < 1.29 is 14.3 Å². The molecular formula is C18H18N4O3S2. The molecule has 0 aliphatic heterocycles. The molecule has 2 amide bonds. The van der Waals surface area contributed by atoms with E-state index in [1.807, 2.05) is 42.5 Å². The number of carbonyl (C=O) groups is 1. The van der Waals surface area contributed by atoms with Crippen molar-refractivity contribution in [2.75, 3.05) is 30.1 Å². The zero-order valence-corrected chi connectivity index (χ0v) is 16.2. The fourth-order valence-corrected chi connectivity index (χ4v) is 3.48. The number of amides is 2. The Labute approximate surface area is 165 Å². The van der Waals surface area contributed by atoms with Gasteiger partial charge in [0.15, 0.2) is 0 Å². The number of nitrogens with one attached hydrogen (secondary N) is 2. The third-order valence-electron chi connectivity index (χ3n) is 3.31. The average molecular weight is 403 g/mol. The number of hydrogen-bond acceptors (Lipinski definition) is 7. The molecule has 0 saturated carbocycles. The van der Waals surface area contributed by atoms with Crippen LogP contribution in [0.25, 0.3) is 0 Å². The molecule has 2 aromatic carbocycles. The van der Waals surface area contributed by atoms with Gasteiger partial charge in [0.05, 0.1) is 19.4 Å². The standard InChI is InChI=1S/C18H18N4O3S2/c1-24-15-10-6-5-9-14(15)19-16(23)20-17-21-18(22-27-17)26-12-11-25-13-7-3-2-4-8-13/h2-10H,11-12H2,1H3,(H2,19,20,21,22,23). The van der Waals surface area contributed by atoms with E-state index in [9.17, 15) is 4.79 Å². The monoisotopic (exact) mass is 402 g/mol. The highest BCUT2D eigenvalue weighted by atomic mass is 32.2. The SMILES string of the molecule is COc1ccccc1NC(=O)Nc1nc(SCCOc2ccccc2)ns1. The van der Waals surface area contributed by atoms with Gasteiger partial charge in [0.2, 0.25) is 10.3 Å². The van der Waals surface area contributed by atoms with Gasteiger partial charge < -0.3 is 14.8 Å². The van der Waals surface area contributed by atoms with Crippen molar-refractivity contribution in [1.29, 1.82) is 0 Å². The number of para-hydroxylation sites is 3.